The molecule has 0 spiro atoms. The maximum atomic E-state index is 4.21. The molecular weight excluding hydrogens is 348 g/mol. The number of aromatic nitrogens is 4. The Morgan fingerprint density at radius 1 is 1.29 bits per heavy atom. The highest BCUT2D eigenvalue weighted by Gasteiger charge is 2.14. The first-order chi connectivity index (χ1) is 8.19. The summed E-state index contributed by atoms with van der Waals surface area (Å²) < 4.78 is 1.09. The van der Waals surface area contributed by atoms with E-state index in [1.54, 1.807) is 7.05 Å². The Balaban J connectivity index is 2.13. The first kappa shape index (κ1) is 12.7. The predicted molar refractivity (Wildman–Crippen MR) is 73.2 cm³/mol. The average molecular weight is 360 g/mol. The smallest absolute Gasteiger partial charge is 0.167 e. The fourth-order valence-corrected chi connectivity index (χ4v) is 2.49. The Hall–Kier alpha value is -0.750. The second kappa shape index (κ2) is 5.73. The Labute approximate surface area is 117 Å². The lowest BCUT2D eigenvalue weighted by Crippen LogP contribution is -2.06. The molecular formula is C11H12Br2N4. The van der Waals surface area contributed by atoms with Crippen molar-refractivity contribution in [1.82, 2.24) is 20.2 Å². The van der Waals surface area contributed by atoms with Crippen LogP contribution in [0.4, 0.5) is 0 Å². The third-order valence-corrected chi connectivity index (χ3v) is 3.82. The van der Waals surface area contributed by atoms with E-state index in [1.165, 1.54) is 10.4 Å². The maximum absolute atomic E-state index is 4.21. The van der Waals surface area contributed by atoms with E-state index in [9.17, 15) is 0 Å². The number of benzene rings is 1. The van der Waals surface area contributed by atoms with Crippen LogP contribution >= 0.6 is 31.9 Å². The Kier molecular flexibility index (Phi) is 4.28. The van der Waals surface area contributed by atoms with Crippen LogP contribution in [-0.4, -0.2) is 25.5 Å². The van der Waals surface area contributed by atoms with Crippen LogP contribution in [0, 0.1) is 0 Å². The number of aryl methyl sites for hydroxylation is 1. The Morgan fingerprint density at radius 3 is 2.53 bits per heavy atom. The lowest BCUT2D eigenvalue weighted by Gasteiger charge is -2.12. The highest BCUT2D eigenvalue weighted by Crippen LogP contribution is 2.23. The van der Waals surface area contributed by atoms with Crippen molar-refractivity contribution in [3.05, 3.63) is 40.1 Å². The molecule has 0 N–H and O–H groups in total. The van der Waals surface area contributed by atoms with Crippen molar-refractivity contribution in [2.75, 3.05) is 5.33 Å². The van der Waals surface area contributed by atoms with Gasteiger partial charge in [0, 0.05) is 22.1 Å². The average Bonchev–Trinajstić information content (AvgIpc) is 2.73. The highest BCUT2D eigenvalue weighted by molar-refractivity contribution is 9.10. The molecule has 0 aliphatic heterocycles. The van der Waals surface area contributed by atoms with Gasteiger partial charge in [-0.3, -0.25) is 0 Å². The van der Waals surface area contributed by atoms with Crippen LogP contribution in [-0.2, 0) is 13.5 Å². The lowest BCUT2D eigenvalue weighted by atomic mass is 9.98. The van der Waals surface area contributed by atoms with Gasteiger partial charge in [-0.2, -0.15) is 4.80 Å². The van der Waals surface area contributed by atoms with Crippen LogP contribution < -0.4 is 0 Å². The third-order valence-electron chi connectivity index (χ3n) is 2.51. The van der Waals surface area contributed by atoms with E-state index in [-0.39, 0.29) is 0 Å². The summed E-state index contributed by atoms with van der Waals surface area (Å²) in [5.41, 5.74) is 1.28. The molecule has 0 radical (unpaired) electrons. The molecule has 0 bridgehead atoms. The van der Waals surface area contributed by atoms with Crippen molar-refractivity contribution < 1.29 is 0 Å². The summed E-state index contributed by atoms with van der Waals surface area (Å²) in [6, 6.07) is 8.34. The van der Waals surface area contributed by atoms with Crippen molar-refractivity contribution in [1.29, 1.82) is 0 Å². The van der Waals surface area contributed by atoms with E-state index >= 15 is 0 Å². The summed E-state index contributed by atoms with van der Waals surface area (Å²) in [7, 11) is 1.78. The zero-order chi connectivity index (χ0) is 12.3. The summed E-state index contributed by atoms with van der Waals surface area (Å²) in [6.45, 7) is 0. The van der Waals surface area contributed by atoms with Crippen LogP contribution in [0.2, 0.25) is 0 Å². The van der Waals surface area contributed by atoms with E-state index in [1.807, 2.05) is 0 Å². The van der Waals surface area contributed by atoms with Gasteiger partial charge in [0.15, 0.2) is 5.82 Å². The van der Waals surface area contributed by atoms with Gasteiger partial charge in [0.2, 0.25) is 0 Å². The fourth-order valence-electron chi connectivity index (χ4n) is 1.62. The van der Waals surface area contributed by atoms with Gasteiger partial charge in [-0.1, -0.05) is 44.0 Å². The van der Waals surface area contributed by atoms with E-state index in [0.29, 0.717) is 5.92 Å². The molecule has 0 aliphatic rings. The third kappa shape index (κ3) is 3.35. The van der Waals surface area contributed by atoms with Crippen LogP contribution in [0.25, 0.3) is 0 Å². The lowest BCUT2D eigenvalue weighted by molar-refractivity contribution is 0.625. The van der Waals surface area contributed by atoms with Gasteiger partial charge in [0.05, 0.1) is 7.05 Å². The SMILES string of the molecule is Cn1nnc(CC(CBr)c2ccc(Br)cc2)n1. The summed E-state index contributed by atoms with van der Waals surface area (Å²) in [5.74, 6) is 1.15. The van der Waals surface area contributed by atoms with Gasteiger partial charge in [-0.25, -0.2) is 0 Å². The van der Waals surface area contributed by atoms with Gasteiger partial charge >= 0.3 is 0 Å². The maximum Gasteiger partial charge on any atom is 0.175 e. The molecule has 2 aromatic rings. The second-order valence-electron chi connectivity index (χ2n) is 3.80. The van der Waals surface area contributed by atoms with Gasteiger partial charge < -0.3 is 0 Å². The molecule has 0 fully saturated rings. The largest absolute Gasteiger partial charge is 0.175 e. The molecule has 90 valence electrons. The number of hydrogen-bond acceptors (Lipinski definition) is 3. The minimum atomic E-state index is 0.368. The monoisotopic (exact) mass is 358 g/mol. The molecule has 1 aromatic heterocycles. The molecule has 0 amide bonds. The predicted octanol–water partition coefficient (Wildman–Crippen LogP) is 2.69. The second-order valence-corrected chi connectivity index (χ2v) is 5.37. The highest BCUT2D eigenvalue weighted by atomic mass is 79.9. The van der Waals surface area contributed by atoms with Gasteiger partial charge in [-0.05, 0) is 22.9 Å². The molecule has 0 saturated heterocycles. The van der Waals surface area contributed by atoms with Crippen molar-refractivity contribution >= 4 is 31.9 Å². The summed E-state index contributed by atoms with van der Waals surface area (Å²) in [4.78, 5) is 1.49. The van der Waals surface area contributed by atoms with Crippen LogP contribution in [0.1, 0.15) is 17.3 Å². The Bertz CT molecular complexity index is 480. The normalized spacial score (nSPS) is 12.6. The summed E-state index contributed by atoms with van der Waals surface area (Å²) >= 11 is 6.98. The summed E-state index contributed by atoms with van der Waals surface area (Å²) in [6.07, 6.45) is 0.792. The quantitative estimate of drug-likeness (QED) is 0.788. The molecule has 1 unspecified atom stereocenters. The molecule has 4 nitrogen and oxygen atoms in total. The van der Waals surface area contributed by atoms with Gasteiger partial charge in [-0.15, -0.1) is 10.2 Å². The number of tetrazole rings is 1. The molecule has 0 saturated carbocycles. The first-order valence-electron chi connectivity index (χ1n) is 5.23. The fraction of sp³-hybridized carbons (Fsp3) is 0.364. The first-order valence-corrected chi connectivity index (χ1v) is 7.15. The molecule has 1 heterocycles. The molecule has 17 heavy (non-hydrogen) atoms. The van der Waals surface area contributed by atoms with Crippen LogP contribution in [0.3, 0.4) is 0 Å². The number of hydrogen-bond donors (Lipinski definition) is 0. The molecule has 1 aromatic carbocycles. The minimum absolute atomic E-state index is 0.368. The zero-order valence-corrected chi connectivity index (χ0v) is 12.5. The van der Waals surface area contributed by atoms with Crippen molar-refractivity contribution in [3.63, 3.8) is 0 Å². The van der Waals surface area contributed by atoms with E-state index in [2.05, 4.69) is 71.5 Å². The van der Waals surface area contributed by atoms with Crippen molar-refractivity contribution in [3.8, 4) is 0 Å². The topological polar surface area (TPSA) is 43.6 Å². The standard InChI is InChI=1S/C11H12Br2N4/c1-17-15-11(14-16-17)6-9(7-12)8-2-4-10(13)5-3-8/h2-5,9H,6-7H2,1H3. The molecule has 0 aliphatic carbocycles. The summed E-state index contributed by atoms with van der Waals surface area (Å²) in [5, 5.41) is 13.0. The van der Waals surface area contributed by atoms with Gasteiger partial charge in [0.25, 0.3) is 0 Å². The molecule has 1 atom stereocenters. The van der Waals surface area contributed by atoms with E-state index < -0.39 is 0 Å². The minimum Gasteiger partial charge on any atom is -0.167 e. The van der Waals surface area contributed by atoms with Crippen LogP contribution in [0.5, 0.6) is 0 Å². The number of rotatable bonds is 4. The van der Waals surface area contributed by atoms with Crippen molar-refractivity contribution in [2.45, 2.75) is 12.3 Å². The number of alkyl halides is 1. The van der Waals surface area contributed by atoms with Crippen molar-refractivity contribution in [2.24, 2.45) is 7.05 Å². The number of nitrogens with zero attached hydrogens (tertiary/aromatic N) is 4. The zero-order valence-electron chi connectivity index (χ0n) is 9.35. The number of halogens is 2. The molecule has 2 rings (SSSR count). The van der Waals surface area contributed by atoms with E-state index in [4.69, 9.17) is 0 Å². The van der Waals surface area contributed by atoms with E-state index in [0.717, 1.165) is 22.0 Å². The molecule has 6 heteroatoms. The Morgan fingerprint density at radius 2 is 2.00 bits per heavy atom. The van der Waals surface area contributed by atoms with Gasteiger partial charge in [0.1, 0.15) is 0 Å². The van der Waals surface area contributed by atoms with Crippen LogP contribution in [0.15, 0.2) is 28.7 Å².